The van der Waals surface area contributed by atoms with Gasteiger partial charge in [-0.05, 0) is 12.8 Å². The SMILES string of the molecule is O=Cc1ccc(-c2cnn(C3CC3)n2)cc1. The molecule has 1 aromatic heterocycles. The minimum atomic E-state index is 0.503. The Morgan fingerprint density at radius 1 is 1.25 bits per heavy atom. The van der Waals surface area contributed by atoms with Crippen LogP contribution in [0.5, 0.6) is 0 Å². The van der Waals surface area contributed by atoms with Gasteiger partial charge in [0.2, 0.25) is 0 Å². The lowest BCUT2D eigenvalue weighted by atomic mass is 10.1. The van der Waals surface area contributed by atoms with E-state index in [9.17, 15) is 4.79 Å². The van der Waals surface area contributed by atoms with Gasteiger partial charge in [-0.15, -0.1) is 0 Å². The third-order valence-electron chi connectivity index (χ3n) is 2.72. The van der Waals surface area contributed by atoms with Crippen molar-refractivity contribution in [3.8, 4) is 11.3 Å². The van der Waals surface area contributed by atoms with Gasteiger partial charge in [0.05, 0.1) is 12.2 Å². The van der Waals surface area contributed by atoms with Crippen molar-refractivity contribution in [3.05, 3.63) is 36.0 Å². The smallest absolute Gasteiger partial charge is 0.150 e. The van der Waals surface area contributed by atoms with E-state index in [1.165, 1.54) is 12.8 Å². The molecule has 0 unspecified atom stereocenters. The van der Waals surface area contributed by atoms with Crippen LogP contribution in [0.3, 0.4) is 0 Å². The summed E-state index contributed by atoms with van der Waals surface area (Å²) in [7, 11) is 0. The molecule has 80 valence electrons. The lowest BCUT2D eigenvalue weighted by Gasteiger charge is -1.96. The number of hydrogen-bond acceptors (Lipinski definition) is 3. The quantitative estimate of drug-likeness (QED) is 0.733. The molecular formula is C12H11N3O. The van der Waals surface area contributed by atoms with E-state index in [-0.39, 0.29) is 0 Å². The van der Waals surface area contributed by atoms with Gasteiger partial charge in [-0.3, -0.25) is 4.79 Å². The van der Waals surface area contributed by atoms with Gasteiger partial charge in [-0.1, -0.05) is 24.3 Å². The summed E-state index contributed by atoms with van der Waals surface area (Å²) in [5.74, 6) is 0. The fourth-order valence-electron chi connectivity index (χ4n) is 1.62. The second-order valence-corrected chi connectivity index (χ2v) is 4.02. The van der Waals surface area contributed by atoms with Crippen molar-refractivity contribution in [2.45, 2.75) is 18.9 Å². The molecule has 1 saturated carbocycles. The molecule has 0 amide bonds. The molecule has 0 aliphatic heterocycles. The Balaban J connectivity index is 1.91. The number of nitrogens with zero attached hydrogens (tertiary/aromatic N) is 3. The third-order valence-corrected chi connectivity index (χ3v) is 2.72. The van der Waals surface area contributed by atoms with Crippen LogP contribution in [-0.2, 0) is 0 Å². The molecule has 0 N–H and O–H groups in total. The molecular weight excluding hydrogens is 202 g/mol. The topological polar surface area (TPSA) is 47.8 Å². The summed E-state index contributed by atoms with van der Waals surface area (Å²) in [5, 5.41) is 8.65. The van der Waals surface area contributed by atoms with Gasteiger partial charge < -0.3 is 0 Å². The van der Waals surface area contributed by atoms with Gasteiger partial charge in [0.1, 0.15) is 12.0 Å². The van der Waals surface area contributed by atoms with Crippen LogP contribution < -0.4 is 0 Å². The zero-order valence-electron chi connectivity index (χ0n) is 8.71. The number of carbonyl (C=O) groups excluding carboxylic acids is 1. The first-order chi connectivity index (χ1) is 7.86. The van der Waals surface area contributed by atoms with E-state index >= 15 is 0 Å². The highest BCUT2D eigenvalue weighted by atomic mass is 16.1. The number of benzene rings is 1. The summed E-state index contributed by atoms with van der Waals surface area (Å²) in [6.45, 7) is 0. The maximum Gasteiger partial charge on any atom is 0.150 e. The van der Waals surface area contributed by atoms with Crippen LogP contribution in [0, 0.1) is 0 Å². The zero-order chi connectivity index (χ0) is 11.0. The minimum Gasteiger partial charge on any atom is -0.298 e. The van der Waals surface area contributed by atoms with E-state index in [0.717, 1.165) is 17.5 Å². The number of rotatable bonds is 3. The van der Waals surface area contributed by atoms with Crippen LogP contribution in [0.1, 0.15) is 29.2 Å². The second-order valence-electron chi connectivity index (χ2n) is 4.02. The van der Waals surface area contributed by atoms with Crippen LogP contribution in [0.2, 0.25) is 0 Å². The van der Waals surface area contributed by atoms with Crippen molar-refractivity contribution in [1.29, 1.82) is 0 Å². The highest BCUT2D eigenvalue weighted by molar-refractivity contribution is 5.76. The first kappa shape index (κ1) is 9.27. The summed E-state index contributed by atoms with van der Waals surface area (Å²) in [6.07, 6.45) is 4.97. The predicted molar refractivity (Wildman–Crippen MR) is 59.1 cm³/mol. The number of hydrogen-bond donors (Lipinski definition) is 0. The van der Waals surface area contributed by atoms with Gasteiger partial charge in [0.25, 0.3) is 0 Å². The van der Waals surface area contributed by atoms with Crippen molar-refractivity contribution < 1.29 is 4.79 Å². The van der Waals surface area contributed by atoms with Crippen LogP contribution in [-0.4, -0.2) is 21.3 Å². The molecule has 1 aliphatic rings. The molecule has 1 aromatic carbocycles. The fraction of sp³-hybridized carbons (Fsp3) is 0.250. The average Bonchev–Trinajstić information content (AvgIpc) is 3.08. The second kappa shape index (κ2) is 3.56. The largest absolute Gasteiger partial charge is 0.298 e. The maximum absolute atomic E-state index is 10.5. The van der Waals surface area contributed by atoms with E-state index < -0.39 is 0 Å². The van der Waals surface area contributed by atoms with E-state index in [2.05, 4.69) is 10.2 Å². The lowest BCUT2D eigenvalue weighted by Crippen LogP contribution is -1.97. The van der Waals surface area contributed by atoms with E-state index in [4.69, 9.17) is 0 Å². The van der Waals surface area contributed by atoms with Crippen LogP contribution in [0.25, 0.3) is 11.3 Å². The molecule has 1 aliphatic carbocycles. The van der Waals surface area contributed by atoms with Gasteiger partial charge in [0, 0.05) is 11.1 Å². The number of aromatic nitrogens is 3. The molecule has 0 bridgehead atoms. The summed E-state index contributed by atoms with van der Waals surface area (Å²) in [6, 6.07) is 7.87. The Morgan fingerprint density at radius 3 is 2.62 bits per heavy atom. The summed E-state index contributed by atoms with van der Waals surface area (Å²) < 4.78 is 0. The van der Waals surface area contributed by atoms with Crippen LogP contribution >= 0.6 is 0 Å². The first-order valence-electron chi connectivity index (χ1n) is 5.34. The predicted octanol–water partition coefficient (Wildman–Crippen LogP) is 2.09. The Hall–Kier alpha value is -1.97. The molecule has 0 atom stereocenters. The fourth-order valence-corrected chi connectivity index (χ4v) is 1.62. The molecule has 4 nitrogen and oxygen atoms in total. The zero-order valence-corrected chi connectivity index (χ0v) is 8.71. The van der Waals surface area contributed by atoms with Crippen LogP contribution in [0.4, 0.5) is 0 Å². The molecule has 4 heteroatoms. The Morgan fingerprint density at radius 2 is 2.00 bits per heavy atom. The molecule has 1 heterocycles. The average molecular weight is 213 g/mol. The first-order valence-corrected chi connectivity index (χ1v) is 5.34. The normalized spacial score (nSPS) is 15.0. The Labute approximate surface area is 92.9 Å². The molecule has 2 aromatic rings. The highest BCUT2D eigenvalue weighted by Gasteiger charge is 2.25. The standard InChI is InChI=1S/C12H11N3O/c16-8-9-1-3-10(4-2-9)12-7-13-15(14-12)11-5-6-11/h1-4,7-8,11H,5-6H2. The van der Waals surface area contributed by atoms with Gasteiger partial charge in [-0.2, -0.15) is 15.0 Å². The molecule has 0 spiro atoms. The summed E-state index contributed by atoms with van der Waals surface area (Å²) in [4.78, 5) is 12.3. The minimum absolute atomic E-state index is 0.503. The molecule has 0 saturated heterocycles. The van der Waals surface area contributed by atoms with Crippen molar-refractivity contribution >= 4 is 6.29 Å². The molecule has 1 fully saturated rings. The summed E-state index contributed by atoms with van der Waals surface area (Å²) >= 11 is 0. The Bertz CT molecular complexity index is 511. The summed E-state index contributed by atoms with van der Waals surface area (Å²) in [5.41, 5.74) is 2.54. The number of carbonyl (C=O) groups is 1. The van der Waals surface area contributed by atoms with Gasteiger partial charge in [-0.25, -0.2) is 0 Å². The monoisotopic (exact) mass is 213 g/mol. The lowest BCUT2D eigenvalue weighted by molar-refractivity contribution is 0.112. The maximum atomic E-state index is 10.5. The highest BCUT2D eigenvalue weighted by Crippen LogP contribution is 2.33. The van der Waals surface area contributed by atoms with Crippen LogP contribution in [0.15, 0.2) is 30.5 Å². The van der Waals surface area contributed by atoms with E-state index in [1.54, 1.807) is 23.1 Å². The molecule has 3 rings (SSSR count). The van der Waals surface area contributed by atoms with Gasteiger partial charge in [0.15, 0.2) is 0 Å². The van der Waals surface area contributed by atoms with Gasteiger partial charge >= 0.3 is 0 Å². The number of aldehydes is 1. The van der Waals surface area contributed by atoms with E-state index in [1.807, 2.05) is 12.1 Å². The van der Waals surface area contributed by atoms with Crippen molar-refractivity contribution in [1.82, 2.24) is 15.0 Å². The van der Waals surface area contributed by atoms with Crippen molar-refractivity contribution in [2.24, 2.45) is 0 Å². The van der Waals surface area contributed by atoms with E-state index in [0.29, 0.717) is 11.6 Å². The van der Waals surface area contributed by atoms with Crippen molar-refractivity contribution in [3.63, 3.8) is 0 Å². The third kappa shape index (κ3) is 1.62. The Kier molecular flexibility index (Phi) is 2.06. The van der Waals surface area contributed by atoms with Crippen molar-refractivity contribution in [2.75, 3.05) is 0 Å². The molecule has 0 radical (unpaired) electrons. The molecule has 16 heavy (non-hydrogen) atoms.